The van der Waals surface area contributed by atoms with Crippen LogP contribution >= 0.6 is 11.8 Å². The third-order valence-corrected chi connectivity index (χ3v) is 6.32. The van der Waals surface area contributed by atoms with Gasteiger partial charge >= 0.3 is 5.97 Å². The van der Waals surface area contributed by atoms with Crippen LogP contribution in [0, 0.1) is 6.92 Å². The molecule has 0 aliphatic carbocycles. The van der Waals surface area contributed by atoms with Gasteiger partial charge in [-0.1, -0.05) is 18.2 Å². The fourth-order valence-corrected chi connectivity index (χ4v) is 4.17. The number of carboxylic acid groups (broad SMARTS) is 1. The molecular formula is C27H23N3O3S. The van der Waals surface area contributed by atoms with Gasteiger partial charge in [0.15, 0.2) is 0 Å². The first-order valence-electron chi connectivity index (χ1n) is 10.6. The van der Waals surface area contributed by atoms with E-state index in [2.05, 4.69) is 15.3 Å². The highest BCUT2D eigenvalue weighted by Gasteiger charge is 2.10. The average molecular weight is 470 g/mol. The van der Waals surface area contributed by atoms with Crippen LogP contribution in [0.3, 0.4) is 0 Å². The van der Waals surface area contributed by atoms with Crippen molar-refractivity contribution in [3.63, 3.8) is 0 Å². The highest BCUT2D eigenvalue weighted by Crippen LogP contribution is 2.25. The number of carbonyl (C=O) groups excluding carboxylic acids is 1. The Kier molecular flexibility index (Phi) is 7.04. The van der Waals surface area contributed by atoms with Crippen molar-refractivity contribution in [2.24, 2.45) is 0 Å². The summed E-state index contributed by atoms with van der Waals surface area (Å²) in [7, 11) is 0. The Morgan fingerprint density at radius 3 is 2.24 bits per heavy atom. The van der Waals surface area contributed by atoms with E-state index in [1.807, 2.05) is 55.6 Å². The summed E-state index contributed by atoms with van der Waals surface area (Å²) in [6.07, 6.45) is 5.43. The van der Waals surface area contributed by atoms with Crippen LogP contribution in [0.1, 0.15) is 32.0 Å². The van der Waals surface area contributed by atoms with Crippen LogP contribution in [-0.2, 0) is 6.54 Å². The highest BCUT2D eigenvalue weighted by atomic mass is 32.2. The van der Waals surface area contributed by atoms with E-state index in [0.29, 0.717) is 12.1 Å². The molecule has 0 unspecified atom stereocenters. The average Bonchev–Trinajstić information content (AvgIpc) is 2.88. The third-order valence-electron chi connectivity index (χ3n) is 5.44. The molecule has 2 N–H and O–H groups in total. The lowest BCUT2D eigenvalue weighted by molar-refractivity contribution is 0.0696. The summed E-state index contributed by atoms with van der Waals surface area (Å²) in [5.74, 6) is -1.10. The number of thioether (sulfide) groups is 1. The van der Waals surface area contributed by atoms with Crippen LogP contribution in [0.4, 0.5) is 0 Å². The van der Waals surface area contributed by atoms with Gasteiger partial charge in [-0.2, -0.15) is 0 Å². The topological polar surface area (TPSA) is 92.2 Å². The van der Waals surface area contributed by atoms with E-state index in [0.717, 1.165) is 38.5 Å². The highest BCUT2D eigenvalue weighted by molar-refractivity contribution is 7.98. The Morgan fingerprint density at radius 1 is 0.853 bits per heavy atom. The van der Waals surface area contributed by atoms with Crippen LogP contribution in [0.25, 0.3) is 22.4 Å². The molecule has 0 bridgehead atoms. The Morgan fingerprint density at radius 2 is 1.53 bits per heavy atom. The number of hydrogen-bond acceptors (Lipinski definition) is 5. The number of hydrogen-bond donors (Lipinski definition) is 2. The van der Waals surface area contributed by atoms with Crippen molar-refractivity contribution in [2.75, 3.05) is 6.26 Å². The maximum atomic E-state index is 12.6. The molecule has 0 atom stereocenters. The zero-order chi connectivity index (χ0) is 24.1. The lowest BCUT2D eigenvalue weighted by Crippen LogP contribution is -2.23. The van der Waals surface area contributed by atoms with Gasteiger partial charge in [-0.15, -0.1) is 11.8 Å². The van der Waals surface area contributed by atoms with E-state index in [1.165, 1.54) is 0 Å². The maximum absolute atomic E-state index is 12.6. The summed E-state index contributed by atoms with van der Waals surface area (Å²) in [6.45, 7) is 2.34. The molecule has 2 aromatic heterocycles. The number of carboxylic acids is 1. The molecule has 0 fully saturated rings. The van der Waals surface area contributed by atoms with E-state index in [1.54, 1.807) is 48.4 Å². The molecule has 0 aliphatic rings. The van der Waals surface area contributed by atoms with Gasteiger partial charge in [0.2, 0.25) is 0 Å². The number of aromatic nitrogens is 2. The first-order chi connectivity index (χ1) is 16.4. The lowest BCUT2D eigenvalue weighted by atomic mass is 10.0. The Labute approximate surface area is 202 Å². The van der Waals surface area contributed by atoms with Crippen molar-refractivity contribution in [1.29, 1.82) is 0 Å². The molecule has 4 rings (SSSR count). The van der Waals surface area contributed by atoms with Gasteiger partial charge in [0.05, 0.1) is 23.5 Å². The maximum Gasteiger partial charge on any atom is 0.335 e. The molecule has 170 valence electrons. The molecule has 1 amide bonds. The van der Waals surface area contributed by atoms with Crippen molar-refractivity contribution in [2.45, 2.75) is 18.4 Å². The minimum absolute atomic E-state index is 0.140. The molecule has 0 spiro atoms. The predicted octanol–water partition coefficient (Wildman–Crippen LogP) is 5.47. The van der Waals surface area contributed by atoms with E-state index in [-0.39, 0.29) is 11.5 Å². The van der Waals surface area contributed by atoms with Gasteiger partial charge < -0.3 is 10.4 Å². The van der Waals surface area contributed by atoms with Gasteiger partial charge in [-0.25, -0.2) is 4.79 Å². The Bertz CT molecular complexity index is 1350. The number of aromatic carboxylic acids is 1. The SMILES string of the molecule is CSc1cc(C(=O)NCc2cc(-c3ccnc(-c4ccc(C(=O)O)cc4)c3)ccn2)ccc1C. The second-order valence-corrected chi connectivity index (χ2v) is 8.56. The van der Waals surface area contributed by atoms with Crippen LogP contribution in [0.5, 0.6) is 0 Å². The fraction of sp³-hybridized carbons (Fsp3) is 0.111. The summed E-state index contributed by atoms with van der Waals surface area (Å²) >= 11 is 1.62. The smallest absolute Gasteiger partial charge is 0.335 e. The molecule has 6 nitrogen and oxygen atoms in total. The Balaban J connectivity index is 1.50. The monoisotopic (exact) mass is 469 g/mol. The van der Waals surface area contributed by atoms with Crippen LogP contribution in [0.2, 0.25) is 0 Å². The van der Waals surface area contributed by atoms with Gasteiger partial charge in [0.1, 0.15) is 0 Å². The number of amides is 1. The summed E-state index contributed by atoms with van der Waals surface area (Å²) in [5, 5.41) is 12.0. The molecule has 2 heterocycles. The van der Waals surface area contributed by atoms with Crippen LogP contribution in [0.15, 0.2) is 84.0 Å². The second-order valence-electron chi connectivity index (χ2n) is 7.72. The molecular weight excluding hydrogens is 446 g/mol. The van der Waals surface area contributed by atoms with Crippen LogP contribution in [-0.4, -0.2) is 33.2 Å². The van der Waals surface area contributed by atoms with Gasteiger partial charge in [0.25, 0.3) is 5.91 Å². The number of rotatable bonds is 7. The van der Waals surface area contributed by atoms with Crippen molar-refractivity contribution in [3.05, 3.63) is 102 Å². The summed E-state index contributed by atoms with van der Waals surface area (Å²) in [5.41, 5.74) is 6.21. The van der Waals surface area contributed by atoms with E-state index < -0.39 is 5.97 Å². The van der Waals surface area contributed by atoms with E-state index >= 15 is 0 Å². The molecule has 0 radical (unpaired) electrons. The van der Waals surface area contributed by atoms with E-state index in [9.17, 15) is 9.59 Å². The molecule has 0 aliphatic heterocycles. The standard InChI is InChI=1S/C27H23N3O3S/c1-17-3-4-22(15-25(17)34-2)26(31)30-16-23-13-20(9-11-28-23)21-10-12-29-24(14-21)18-5-7-19(8-6-18)27(32)33/h3-15H,16H2,1-2H3,(H,30,31)(H,32,33). The lowest BCUT2D eigenvalue weighted by Gasteiger charge is -2.09. The summed E-state index contributed by atoms with van der Waals surface area (Å²) in [6, 6.07) is 20.0. The summed E-state index contributed by atoms with van der Waals surface area (Å²) in [4.78, 5) is 33.6. The minimum atomic E-state index is -0.961. The number of aryl methyl sites for hydroxylation is 1. The van der Waals surface area contributed by atoms with Crippen molar-refractivity contribution < 1.29 is 14.7 Å². The van der Waals surface area contributed by atoms with Gasteiger partial charge in [-0.05, 0) is 78.4 Å². The number of pyridine rings is 2. The van der Waals surface area contributed by atoms with Crippen LogP contribution < -0.4 is 5.32 Å². The first kappa shape index (κ1) is 23.2. The predicted molar refractivity (Wildman–Crippen MR) is 134 cm³/mol. The normalized spacial score (nSPS) is 10.6. The largest absolute Gasteiger partial charge is 0.478 e. The fourth-order valence-electron chi connectivity index (χ4n) is 3.54. The van der Waals surface area contributed by atoms with Crippen molar-refractivity contribution in [3.8, 4) is 22.4 Å². The molecule has 34 heavy (non-hydrogen) atoms. The summed E-state index contributed by atoms with van der Waals surface area (Å²) < 4.78 is 0. The molecule has 0 saturated carbocycles. The second kappa shape index (κ2) is 10.3. The third kappa shape index (κ3) is 5.32. The minimum Gasteiger partial charge on any atom is -0.478 e. The zero-order valence-corrected chi connectivity index (χ0v) is 19.6. The number of benzene rings is 2. The van der Waals surface area contributed by atoms with Crippen molar-refractivity contribution in [1.82, 2.24) is 15.3 Å². The Hall–Kier alpha value is -3.97. The number of nitrogens with zero attached hydrogens (tertiary/aromatic N) is 2. The molecule has 4 aromatic rings. The first-order valence-corrected chi connectivity index (χ1v) is 11.8. The number of carbonyl (C=O) groups is 2. The molecule has 0 saturated heterocycles. The van der Waals surface area contributed by atoms with Crippen molar-refractivity contribution >= 4 is 23.6 Å². The quantitative estimate of drug-likeness (QED) is 0.349. The molecule has 7 heteroatoms. The van der Waals surface area contributed by atoms with Gasteiger partial charge in [0, 0.05) is 28.4 Å². The molecule has 2 aromatic carbocycles. The van der Waals surface area contributed by atoms with E-state index in [4.69, 9.17) is 5.11 Å². The zero-order valence-electron chi connectivity index (χ0n) is 18.8. The number of nitrogens with one attached hydrogen (secondary N) is 1. The van der Waals surface area contributed by atoms with Gasteiger partial charge in [-0.3, -0.25) is 14.8 Å².